The van der Waals surface area contributed by atoms with E-state index in [-0.39, 0.29) is 29.5 Å². The molecule has 1 amide bonds. The molecule has 0 unspecified atom stereocenters. The number of ether oxygens (including phenoxy) is 1. The van der Waals surface area contributed by atoms with Crippen molar-refractivity contribution >= 4 is 11.6 Å². The summed E-state index contributed by atoms with van der Waals surface area (Å²) in [5, 5.41) is 18.4. The molecular weight excluding hydrogens is 360 g/mol. The summed E-state index contributed by atoms with van der Waals surface area (Å²) >= 11 is 0. The summed E-state index contributed by atoms with van der Waals surface area (Å²) < 4.78 is 5.60. The maximum atomic E-state index is 13.0. The largest absolute Gasteiger partial charge is 0.484 e. The van der Waals surface area contributed by atoms with Crippen LogP contribution in [-0.4, -0.2) is 53.0 Å². The summed E-state index contributed by atoms with van der Waals surface area (Å²) in [5.74, 6) is 0.147. The predicted octanol–water partition coefficient (Wildman–Crippen LogP) is 2.21. The van der Waals surface area contributed by atoms with Gasteiger partial charge in [-0.25, -0.2) is 0 Å². The van der Waals surface area contributed by atoms with E-state index in [0.29, 0.717) is 24.2 Å². The molecular formula is C20H28N4O4. The fraction of sp³-hybridized carbons (Fsp3) is 0.650. The van der Waals surface area contributed by atoms with E-state index in [2.05, 4.69) is 10.6 Å². The molecule has 0 aromatic heterocycles. The lowest BCUT2D eigenvalue weighted by Gasteiger charge is -2.38. The van der Waals surface area contributed by atoms with Gasteiger partial charge in [0, 0.05) is 55.5 Å². The quantitative estimate of drug-likeness (QED) is 0.573. The second kappa shape index (κ2) is 7.67. The van der Waals surface area contributed by atoms with Gasteiger partial charge in [0.2, 0.25) is 0 Å². The van der Waals surface area contributed by atoms with Crippen LogP contribution in [-0.2, 0) is 6.54 Å². The number of nitrogens with zero attached hydrogens (tertiary/aromatic N) is 2. The average molecular weight is 388 g/mol. The van der Waals surface area contributed by atoms with Gasteiger partial charge in [-0.2, -0.15) is 0 Å². The lowest BCUT2D eigenvalue weighted by Crippen LogP contribution is -2.58. The minimum Gasteiger partial charge on any atom is -0.484 e. The van der Waals surface area contributed by atoms with E-state index in [0.717, 1.165) is 44.3 Å². The number of hydrogen-bond acceptors (Lipinski definition) is 6. The van der Waals surface area contributed by atoms with Crippen LogP contribution in [0.3, 0.4) is 0 Å². The van der Waals surface area contributed by atoms with Gasteiger partial charge < -0.3 is 20.3 Å². The van der Waals surface area contributed by atoms with Crippen LogP contribution in [0.25, 0.3) is 0 Å². The van der Waals surface area contributed by atoms with Gasteiger partial charge in [0.05, 0.1) is 11.0 Å². The molecule has 2 heterocycles. The summed E-state index contributed by atoms with van der Waals surface area (Å²) in [7, 11) is 0. The van der Waals surface area contributed by atoms with E-state index in [9.17, 15) is 14.9 Å². The van der Waals surface area contributed by atoms with E-state index in [1.54, 1.807) is 6.07 Å². The number of nitrogens with one attached hydrogen (secondary N) is 2. The minimum absolute atomic E-state index is 0.0295. The lowest BCUT2D eigenvalue weighted by molar-refractivity contribution is -0.386. The molecule has 2 fully saturated rings. The Morgan fingerprint density at radius 2 is 1.93 bits per heavy atom. The van der Waals surface area contributed by atoms with E-state index < -0.39 is 4.92 Å². The van der Waals surface area contributed by atoms with Crippen molar-refractivity contribution in [2.75, 3.05) is 13.1 Å². The van der Waals surface area contributed by atoms with Gasteiger partial charge in [-0.05, 0) is 45.1 Å². The smallest absolute Gasteiger partial charge is 0.311 e. The molecule has 8 heteroatoms. The van der Waals surface area contributed by atoms with Crippen LogP contribution in [0.2, 0.25) is 0 Å². The maximum absolute atomic E-state index is 13.0. The average Bonchev–Trinajstić information content (AvgIpc) is 2.94. The number of carbonyl (C=O) groups is 1. The number of amides is 1. The molecule has 0 radical (unpaired) electrons. The molecule has 2 N–H and O–H groups in total. The second-order valence-electron chi connectivity index (χ2n) is 8.36. The van der Waals surface area contributed by atoms with E-state index >= 15 is 0 Å². The standard InChI is InChI=1S/C20H28N4O4/c1-12(2)28-19-8-17-13(7-18(19)24(26)27)11-23(20(17)25)16-5-3-14(4-6-16)22-15-9-21-10-15/h7-8,12,14-16,21-22H,3-6,9-11H2,1-2H3. The minimum atomic E-state index is -0.433. The first-order chi connectivity index (χ1) is 13.4. The first-order valence-corrected chi connectivity index (χ1v) is 10.2. The predicted molar refractivity (Wildman–Crippen MR) is 105 cm³/mol. The Labute approximate surface area is 164 Å². The zero-order valence-corrected chi connectivity index (χ0v) is 16.4. The van der Waals surface area contributed by atoms with Crippen molar-refractivity contribution in [3.05, 3.63) is 33.4 Å². The van der Waals surface area contributed by atoms with Crippen molar-refractivity contribution in [1.82, 2.24) is 15.5 Å². The van der Waals surface area contributed by atoms with Gasteiger partial charge in [0.25, 0.3) is 5.91 Å². The van der Waals surface area contributed by atoms with Crippen molar-refractivity contribution in [1.29, 1.82) is 0 Å². The number of nitro groups is 1. The molecule has 8 nitrogen and oxygen atoms in total. The molecule has 1 aromatic rings. The third kappa shape index (κ3) is 3.71. The second-order valence-corrected chi connectivity index (χ2v) is 8.36. The number of hydrogen-bond donors (Lipinski definition) is 2. The topological polar surface area (TPSA) is 96.7 Å². The van der Waals surface area contributed by atoms with Gasteiger partial charge in [-0.15, -0.1) is 0 Å². The van der Waals surface area contributed by atoms with Crippen LogP contribution in [0.15, 0.2) is 12.1 Å². The molecule has 0 atom stereocenters. The molecule has 1 aromatic carbocycles. The van der Waals surface area contributed by atoms with Gasteiger partial charge in [0.15, 0.2) is 5.75 Å². The zero-order valence-electron chi connectivity index (χ0n) is 16.4. The third-order valence-corrected chi connectivity index (χ3v) is 5.97. The summed E-state index contributed by atoms with van der Waals surface area (Å²) in [5.41, 5.74) is 1.21. The lowest BCUT2D eigenvalue weighted by atomic mass is 9.89. The van der Waals surface area contributed by atoms with Crippen LogP contribution in [0.1, 0.15) is 55.5 Å². The van der Waals surface area contributed by atoms with Crippen molar-refractivity contribution in [3.8, 4) is 5.75 Å². The third-order valence-electron chi connectivity index (χ3n) is 5.97. The van der Waals surface area contributed by atoms with Crippen LogP contribution in [0.4, 0.5) is 5.69 Å². The summed E-state index contributed by atoms with van der Waals surface area (Å²) in [6.45, 7) is 6.17. The first kappa shape index (κ1) is 19.1. The van der Waals surface area contributed by atoms with Crippen molar-refractivity contribution in [2.24, 2.45) is 0 Å². The maximum Gasteiger partial charge on any atom is 0.311 e. The van der Waals surface area contributed by atoms with Crippen LogP contribution < -0.4 is 15.4 Å². The molecule has 152 valence electrons. The number of fused-ring (bicyclic) bond motifs is 1. The molecule has 4 rings (SSSR count). The Morgan fingerprint density at radius 1 is 1.21 bits per heavy atom. The molecule has 0 bridgehead atoms. The molecule has 2 aliphatic heterocycles. The molecule has 3 aliphatic rings. The van der Waals surface area contributed by atoms with Crippen molar-refractivity contribution in [2.45, 2.75) is 70.3 Å². The zero-order chi connectivity index (χ0) is 19.8. The number of carbonyl (C=O) groups excluding carboxylic acids is 1. The Bertz CT molecular complexity index is 770. The van der Waals surface area contributed by atoms with Gasteiger partial charge in [-0.3, -0.25) is 14.9 Å². The van der Waals surface area contributed by atoms with Crippen LogP contribution >= 0.6 is 0 Å². The van der Waals surface area contributed by atoms with Crippen LogP contribution in [0.5, 0.6) is 5.75 Å². The van der Waals surface area contributed by atoms with E-state index in [1.165, 1.54) is 6.07 Å². The summed E-state index contributed by atoms with van der Waals surface area (Å²) in [6, 6.07) is 4.38. The molecule has 1 saturated carbocycles. The molecule has 1 aliphatic carbocycles. The van der Waals surface area contributed by atoms with Gasteiger partial charge in [0.1, 0.15) is 0 Å². The molecule has 0 spiro atoms. The Kier molecular flexibility index (Phi) is 5.25. The highest BCUT2D eigenvalue weighted by Crippen LogP contribution is 2.38. The molecule has 28 heavy (non-hydrogen) atoms. The SMILES string of the molecule is CC(C)Oc1cc2c(cc1[N+](=O)[O-])CN(C1CCC(NC3CNC3)CC1)C2=O. The fourth-order valence-electron chi connectivity index (χ4n) is 4.43. The monoisotopic (exact) mass is 388 g/mol. The Balaban J connectivity index is 1.45. The van der Waals surface area contributed by atoms with Gasteiger partial charge >= 0.3 is 5.69 Å². The first-order valence-electron chi connectivity index (χ1n) is 10.2. The number of rotatable bonds is 6. The normalized spacial score (nSPS) is 25.0. The van der Waals surface area contributed by atoms with Crippen molar-refractivity contribution < 1.29 is 14.5 Å². The summed E-state index contributed by atoms with van der Waals surface area (Å²) in [6.07, 6.45) is 3.86. The Morgan fingerprint density at radius 3 is 2.50 bits per heavy atom. The van der Waals surface area contributed by atoms with Gasteiger partial charge in [-0.1, -0.05) is 0 Å². The number of benzene rings is 1. The molecule has 1 saturated heterocycles. The highest BCUT2D eigenvalue weighted by atomic mass is 16.6. The van der Waals surface area contributed by atoms with Crippen molar-refractivity contribution in [3.63, 3.8) is 0 Å². The Hall–Kier alpha value is -2.19. The highest BCUT2D eigenvalue weighted by molar-refractivity contribution is 5.99. The van der Waals surface area contributed by atoms with Crippen LogP contribution in [0, 0.1) is 10.1 Å². The number of nitro benzene ring substituents is 1. The fourth-order valence-corrected chi connectivity index (χ4v) is 4.43. The summed E-state index contributed by atoms with van der Waals surface area (Å²) in [4.78, 5) is 25.9. The van der Waals surface area contributed by atoms with E-state index in [1.807, 2.05) is 18.7 Å². The van der Waals surface area contributed by atoms with E-state index in [4.69, 9.17) is 4.74 Å². The highest BCUT2D eigenvalue weighted by Gasteiger charge is 2.37.